The summed E-state index contributed by atoms with van der Waals surface area (Å²) in [5.41, 5.74) is 1.25. The maximum absolute atomic E-state index is 11.9. The molecule has 0 saturated heterocycles. The first kappa shape index (κ1) is 12.0. The van der Waals surface area contributed by atoms with Gasteiger partial charge in [-0.05, 0) is 6.07 Å². The zero-order valence-corrected chi connectivity index (χ0v) is 9.88. The molecule has 2 heterocycles. The highest BCUT2D eigenvalue weighted by Gasteiger charge is 2.10. The van der Waals surface area contributed by atoms with Gasteiger partial charge in [0, 0.05) is 26.2 Å². The van der Waals surface area contributed by atoms with Crippen LogP contribution in [0, 0.1) is 0 Å². The highest BCUT2D eigenvalue weighted by atomic mass is 16.5. The van der Waals surface area contributed by atoms with Gasteiger partial charge in [-0.1, -0.05) is 5.16 Å². The second-order valence-corrected chi connectivity index (χ2v) is 3.52. The molecule has 0 unspecified atom stereocenters. The molecule has 0 aliphatic rings. The number of hydrogen-bond acceptors (Lipinski definition) is 6. The van der Waals surface area contributed by atoms with E-state index in [2.05, 4.69) is 30.3 Å². The lowest BCUT2D eigenvalue weighted by Crippen LogP contribution is -2.26. The van der Waals surface area contributed by atoms with Crippen LogP contribution in [0.4, 0.5) is 5.69 Å². The van der Waals surface area contributed by atoms with Crippen LogP contribution in [0.3, 0.4) is 0 Å². The Labute approximate surface area is 104 Å². The van der Waals surface area contributed by atoms with Crippen molar-refractivity contribution in [2.75, 3.05) is 18.9 Å². The maximum atomic E-state index is 11.9. The molecule has 0 aromatic carbocycles. The van der Waals surface area contributed by atoms with E-state index in [4.69, 9.17) is 0 Å². The van der Waals surface area contributed by atoms with Gasteiger partial charge in [-0.25, -0.2) is 0 Å². The normalized spacial score (nSPS) is 10.1. The van der Waals surface area contributed by atoms with Crippen molar-refractivity contribution in [3.05, 3.63) is 36.2 Å². The third-order valence-electron chi connectivity index (χ3n) is 2.38. The smallest absolute Gasteiger partial charge is 0.253 e. The van der Waals surface area contributed by atoms with Gasteiger partial charge in [-0.3, -0.25) is 9.78 Å². The molecule has 0 aliphatic heterocycles. The van der Waals surface area contributed by atoms with E-state index in [0.29, 0.717) is 30.0 Å². The van der Waals surface area contributed by atoms with E-state index in [1.54, 1.807) is 25.5 Å². The number of aromatic nitrogens is 3. The van der Waals surface area contributed by atoms with Crippen molar-refractivity contribution >= 4 is 11.6 Å². The van der Waals surface area contributed by atoms with Gasteiger partial charge in [0.05, 0.1) is 17.4 Å². The number of nitrogens with zero attached hydrogens (tertiary/aromatic N) is 3. The Kier molecular flexibility index (Phi) is 3.85. The molecule has 2 aromatic rings. The average molecular weight is 247 g/mol. The number of hydrogen-bond donors (Lipinski definition) is 2. The molecule has 0 fully saturated rings. The monoisotopic (exact) mass is 247 g/mol. The third-order valence-corrected chi connectivity index (χ3v) is 2.38. The van der Waals surface area contributed by atoms with E-state index in [1.165, 1.54) is 6.39 Å². The number of pyridine rings is 1. The van der Waals surface area contributed by atoms with Crippen molar-refractivity contribution in [3.8, 4) is 0 Å². The van der Waals surface area contributed by atoms with Crippen LogP contribution in [0.1, 0.15) is 16.2 Å². The van der Waals surface area contributed by atoms with E-state index in [-0.39, 0.29) is 5.91 Å². The van der Waals surface area contributed by atoms with Crippen LogP contribution in [0.5, 0.6) is 0 Å². The van der Waals surface area contributed by atoms with Crippen LogP contribution in [-0.2, 0) is 6.42 Å². The predicted molar refractivity (Wildman–Crippen MR) is 64.1 cm³/mol. The minimum Gasteiger partial charge on any atom is -0.386 e. The first-order valence-electron chi connectivity index (χ1n) is 5.46. The topological polar surface area (TPSA) is 92.9 Å². The number of carbonyl (C=O) groups excluding carboxylic acids is 1. The summed E-state index contributed by atoms with van der Waals surface area (Å²) < 4.78 is 4.60. The summed E-state index contributed by atoms with van der Waals surface area (Å²) >= 11 is 0. The van der Waals surface area contributed by atoms with Gasteiger partial charge in [0.25, 0.3) is 5.91 Å². The van der Waals surface area contributed by atoms with Crippen molar-refractivity contribution in [2.24, 2.45) is 0 Å². The highest BCUT2D eigenvalue weighted by Crippen LogP contribution is 2.11. The van der Waals surface area contributed by atoms with Crippen molar-refractivity contribution in [1.29, 1.82) is 0 Å². The zero-order valence-electron chi connectivity index (χ0n) is 9.88. The van der Waals surface area contributed by atoms with E-state index in [1.807, 2.05) is 0 Å². The number of amides is 1. The molecule has 18 heavy (non-hydrogen) atoms. The molecule has 2 aromatic heterocycles. The Hall–Kier alpha value is -2.44. The molecule has 2 N–H and O–H groups in total. The predicted octanol–water partition coefficient (Wildman–Crippen LogP) is 0.479. The molecular formula is C11H13N5O2. The van der Waals surface area contributed by atoms with E-state index in [9.17, 15) is 4.79 Å². The summed E-state index contributed by atoms with van der Waals surface area (Å²) in [5, 5.41) is 9.36. The van der Waals surface area contributed by atoms with Crippen molar-refractivity contribution in [3.63, 3.8) is 0 Å². The van der Waals surface area contributed by atoms with Crippen LogP contribution in [0.15, 0.2) is 29.4 Å². The lowest BCUT2D eigenvalue weighted by atomic mass is 10.2. The summed E-state index contributed by atoms with van der Waals surface area (Å²) in [7, 11) is 1.74. The Morgan fingerprint density at radius 1 is 1.50 bits per heavy atom. The summed E-state index contributed by atoms with van der Waals surface area (Å²) in [5.74, 6) is 0.407. The average Bonchev–Trinajstić information content (AvgIpc) is 2.91. The molecule has 0 spiro atoms. The van der Waals surface area contributed by atoms with Gasteiger partial charge in [0.2, 0.25) is 6.39 Å². The first-order chi connectivity index (χ1) is 8.81. The van der Waals surface area contributed by atoms with Gasteiger partial charge in [-0.15, -0.1) is 0 Å². The Balaban J connectivity index is 1.91. The quantitative estimate of drug-likeness (QED) is 0.798. The Morgan fingerprint density at radius 2 is 2.39 bits per heavy atom. The first-order valence-corrected chi connectivity index (χ1v) is 5.46. The second-order valence-electron chi connectivity index (χ2n) is 3.52. The van der Waals surface area contributed by atoms with Crippen LogP contribution in [0.2, 0.25) is 0 Å². The van der Waals surface area contributed by atoms with Gasteiger partial charge in [0.1, 0.15) is 0 Å². The minimum absolute atomic E-state index is 0.162. The van der Waals surface area contributed by atoms with Crippen molar-refractivity contribution in [2.45, 2.75) is 6.42 Å². The second kappa shape index (κ2) is 5.76. The number of rotatable bonds is 5. The molecule has 7 heteroatoms. The summed E-state index contributed by atoms with van der Waals surface area (Å²) in [6.07, 6.45) is 4.98. The van der Waals surface area contributed by atoms with E-state index in [0.717, 1.165) is 0 Å². The number of nitrogens with one attached hydrogen (secondary N) is 2. The van der Waals surface area contributed by atoms with Crippen LogP contribution in [-0.4, -0.2) is 34.6 Å². The fourth-order valence-corrected chi connectivity index (χ4v) is 1.48. The zero-order chi connectivity index (χ0) is 12.8. The molecule has 0 radical (unpaired) electrons. The SMILES string of the molecule is CNc1cnccc1C(=O)NCCc1ncon1. The molecule has 94 valence electrons. The highest BCUT2D eigenvalue weighted by molar-refractivity contribution is 5.99. The number of carbonyl (C=O) groups is 1. The van der Waals surface area contributed by atoms with Gasteiger partial charge in [0.15, 0.2) is 5.82 Å². The molecule has 0 atom stereocenters. The van der Waals surface area contributed by atoms with Crippen molar-refractivity contribution in [1.82, 2.24) is 20.4 Å². The van der Waals surface area contributed by atoms with E-state index >= 15 is 0 Å². The van der Waals surface area contributed by atoms with Gasteiger partial charge < -0.3 is 15.2 Å². The summed E-state index contributed by atoms with van der Waals surface area (Å²) in [6.45, 7) is 0.448. The molecule has 1 amide bonds. The molecule has 0 bridgehead atoms. The molecule has 2 rings (SSSR count). The largest absolute Gasteiger partial charge is 0.386 e. The molecule has 0 saturated carbocycles. The Bertz CT molecular complexity index is 512. The van der Waals surface area contributed by atoms with E-state index < -0.39 is 0 Å². The van der Waals surface area contributed by atoms with Crippen LogP contribution >= 0.6 is 0 Å². The third kappa shape index (κ3) is 2.82. The lowest BCUT2D eigenvalue weighted by Gasteiger charge is -2.08. The molecular weight excluding hydrogens is 234 g/mol. The van der Waals surface area contributed by atoms with Crippen LogP contribution < -0.4 is 10.6 Å². The van der Waals surface area contributed by atoms with Gasteiger partial charge >= 0.3 is 0 Å². The summed E-state index contributed by atoms with van der Waals surface area (Å²) in [4.78, 5) is 19.7. The fourth-order valence-electron chi connectivity index (χ4n) is 1.48. The standard InChI is InChI=1S/C11H13N5O2/c1-12-9-6-13-4-2-8(9)11(17)14-5-3-10-15-7-18-16-10/h2,4,6-7,12H,3,5H2,1H3,(H,14,17). The fraction of sp³-hybridized carbons (Fsp3) is 0.273. The van der Waals surface area contributed by atoms with Crippen molar-refractivity contribution < 1.29 is 9.32 Å². The summed E-state index contributed by atoms with van der Waals surface area (Å²) in [6, 6.07) is 1.66. The maximum Gasteiger partial charge on any atom is 0.253 e. The van der Waals surface area contributed by atoms with Crippen LogP contribution in [0.25, 0.3) is 0 Å². The molecule has 7 nitrogen and oxygen atoms in total. The lowest BCUT2D eigenvalue weighted by molar-refractivity contribution is 0.0954. The van der Waals surface area contributed by atoms with Gasteiger partial charge in [-0.2, -0.15) is 4.98 Å². The molecule has 0 aliphatic carbocycles. The number of anilines is 1. The Morgan fingerprint density at radius 3 is 3.11 bits per heavy atom. The minimum atomic E-state index is -0.162.